The van der Waals surface area contributed by atoms with E-state index in [0.717, 1.165) is 23.5 Å². The van der Waals surface area contributed by atoms with E-state index in [-0.39, 0.29) is 5.78 Å². The van der Waals surface area contributed by atoms with Crippen LogP contribution in [0.25, 0.3) is 0 Å². The Balaban J connectivity index is 1.82. The summed E-state index contributed by atoms with van der Waals surface area (Å²) in [4.78, 5) is 12.1. The van der Waals surface area contributed by atoms with E-state index in [4.69, 9.17) is 5.73 Å². The van der Waals surface area contributed by atoms with E-state index < -0.39 is 0 Å². The van der Waals surface area contributed by atoms with Crippen LogP contribution < -0.4 is 5.73 Å². The Bertz CT molecular complexity index is 377. The minimum atomic E-state index is 0.282. The molecule has 0 heterocycles. The van der Waals surface area contributed by atoms with Gasteiger partial charge < -0.3 is 5.73 Å². The van der Waals surface area contributed by atoms with Crippen molar-refractivity contribution in [3.63, 3.8) is 0 Å². The number of benzene rings is 1. The topological polar surface area (TPSA) is 43.1 Å². The highest BCUT2D eigenvalue weighted by Gasteiger charge is 2.15. The first-order valence-electron chi connectivity index (χ1n) is 7.12. The Labute approximate surface area is 110 Å². The van der Waals surface area contributed by atoms with Crippen molar-refractivity contribution in [2.75, 3.05) is 0 Å². The third-order valence-corrected chi connectivity index (χ3v) is 4.02. The van der Waals surface area contributed by atoms with E-state index in [0.29, 0.717) is 13.0 Å². The highest BCUT2D eigenvalue weighted by atomic mass is 16.1. The van der Waals surface area contributed by atoms with Gasteiger partial charge in [0.25, 0.3) is 0 Å². The molecule has 0 spiro atoms. The zero-order valence-corrected chi connectivity index (χ0v) is 11.0. The van der Waals surface area contributed by atoms with Crippen molar-refractivity contribution in [2.45, 2.75) is 51.5 Å². The number of Topliss-reactive ketones (excluding diaryl/α,β-unsaturated/α-hetero) is 1. The van der Waals surface area contributed by atoms with Gasteiger partial charge in [-0.25, -0.2) is 0 Å². The summed E-state index contributed by atoms with van der Waals surface area (Å²) in [7, 11) is 0. The lowest BCUT2D eigenvalue weighted by Gasteiger charge is -2.20. The molecule has 0 saturated heterocycles. The molecule has 0 amide bonds. The summed E-state index contributed by atoms with van der Waals surface area (Å²) in [5, 5.41) is 0. The zero-order chi connectivity index (χ0) is 12.8. The van der Waals surface area contributed by atoms with Crippen LogP contribution in [-0.4, -0.2) is 5.78 Å². The maximum atomic E-state index is 12.1. The van der Waals surface area contributed by atoms with E-state index in [1.807, 2.05) is 24.3 Å². The fraction of sp³-hybridized carbons (Fsp3) is 0.562. The smallest absolute Gasteiger partial charge is 0.162 e. The molecule has 0 bridgehead atoms. The number of ketones is 1. The Kier molecular flexibility index (Phi) is 4.94. The summed E-state index contributed by atoms with van der Waals surface area (Å²) in [6.07, 6.45) is 8.49. The van der Waals surface area contributed by atoms with Crippen LogP contribution in [0.15, 0.2) is 24.3 Å². The lowest BCUT2D eigenvalue weighted by atomic mass is 9.85. The van der Waals surface area contributed by atoms with Crippen LogP contribution in [0.4, 0.5) is 0 Å². The maximum absolute atomic E-state index is 12.1. The molecule has 1 fully saturated rings. The first-order chi connectivity index (χ1) is 8.79. The van der Waals surface area contributed by atoms with E-state index in [1.54, 1.807) is 0 Å². The molecule has 98 valence electrons. The minimum Gasteiger partial charge on any atom is -0.326 e. The second-order valence-corrected chi connectivity index (χ2v) is 5.37. The molecule has 0 aromatic heterocycles. The fourth-order valence-electron chi connectivity index (χ4n) is 2.78. The van der Waals surface area contributed by atoms with E-state index in [1.165, 1.54) is 32.1 Å². The molecule has 1 aliphatic carbocycles. The molecular formula is C16H23NO. The van der Waals surface area contributed by atoms with E-state index >= 15 is 0 Å². The van der Waals surface area contributed by atoms with Gasteiger partial charge in [0.1, 0.15) is 0 Å². The predicted molar refractivity (Wildman–Crippen MR) is 74.5 cm³/mol. The Morgan fingerprint density at radius 3 is 2.39 bits per heavy atom. The van der Waals surface area contributed by atoms with Gasteiger partial charge in [0.15, 0.2) is 5.78 Å². The number of hydrogen-bond donors (Lipinski definition) is 1. The van der Waals surface area contributed by atoms with Crippen molar-refractivity contribution < 1.29 is 4.79 Å². The monoisotopic (exact) mass is 245 g/mol. The predicted octanol–water partition coefficient (Wildman–Crippen LogP) is 3.69. The molecule has 0 aliphatic heterocycles. The Morgan fingerprint density at radius 1 is 1.11 bits per heavy atom. The molecule has 2 rings (SSSR count). The normalized spacial score (nSPS) is 16.7. The van der Waals surface area contributed by atoms with Gasteiger partial charge >= 0.3 is 0 Å². The van der Waals surface area contributed by atoms with Crippen LogP contribution >= 0.6 is 0 Å². The molecule has 18 heavy (non-hydrogen) atoms. The zero-order valence-electron chi connectivity index (χ0n) is 11.0. The van der Waals surface area contributed by atoms with Crippen LogP contribution in [0, 0.1) is 5.92 Å². The second-order valence-electron chi connectivity index (χ2n) is 5.37. The molecule has 2 N–H and O–H groups in total. The molecule has 0 unspecified atom stereocenters. The number of carbonyl (C=O) groups is 1. The quantitative estimate of drug-likeness (QED) is 0.804. The lowest BCUT2D eigenvalue weighted by Crippen LogP contribution is -2.09. The van der Waals surface area contributed by atoms with Gasteiger partial charge in [-0.05, 0) is 17.9 Å². The standard InChI is InChI=1S/C16H23NO/c17-12-14-6-9-15(10-7-14)16(18)11-8-13-4-2-1-3-5-13/h6-7,9-10,13H,1-5,8,11-12,17H2. The van der Waals surface area contributed by atoms with Crippen molar-refractivity contribution >= 4 is 5.78 Å². The van der Waals surface area contributed by atoms with Crippen LogP contribution in [-0.2, 0) is 6.54 Å². The van der Waals surface area contributed by atoms with Gasteiger partial charge in [-0.3, -0.25) is 4.79 Å². The summed E-state index contributed by atoms with van der Waals surface area (Å²) in [5.74, 6) is 1.06. The molecule has 2 heteroatoms. The molecule has 1 aromatic carbocycles. The minimum absolute atomic E-state index is 0.282. The van der Waals surface area contributed by atoms with Crippen LogP contribution in [0.2, 0.25) is 0 Å². The summed E-state index contributed by atoms with van der Waals surface area (Å²) < 4.78 is 0. The summed E-state index contributed by atoms with van der Waals surface area (Å²) >= 11 is 0. The molecule has 0 radical (unpaired) electrons. The molecular weight excluding hydrogens is 222 g/mol. The van der Waals surface area contributed by atoms with Gasteiger partial charge in [0.2, 0.25) is 0 Å². The van der Waals surface area contributed by atoms with Crippen molar-refractivity contribution in [1.82, 2.24) is 0 Å². The molecule has 1 saturated carbocycles. The first-order valence-corrected chi connectivity index (χ1v) is 7.12. The largest absolute Gasteiger partial charge is 0.326 e. The first kappa shape index (κ1) is 13.3. The maximum Gasteiger partial charge on any atom is 0.162 e. The second kappa shape index (κ2) is 6.69. The fourth-order valence-corrected chi connectivity index (χ4v) is 2.78. The summed E-state index contributed by atoms with van der Waals surface area (Å²) in [6, 6.07) is 7.72. The van der Waals surface area contributed by atoms with Crippen molar-refractivity contribution in [3.05, 3.63) is 35.4 Å². The highest BCUT2D eigenvalue weighted by molar-refractivity contribution is 5.96. The van der Waals surface area contributed by atoms with Gasteiger partial charge in [-0.15, -0.1) is 0 Å². The SMILES string of the molecule is NCc1ccc(C(=O)CCC2CCCCC2)cc1. The average Bonchev–Trinajstić information content (AvgIpc) is 2.46. The number of rotatable bonds is 5. The summed E-state index contributed by atoms with van der Waals surface area (Å²) in [6.45, 7) is 0.538. The van der Waals surface area contributed by atoms with Gasteiger partial charge in [-0.2, -0.15) is 0 Å². The van der Waals surface area contributed by atoms with E-state index in [9.17, 15) is 4.79 Å². The highest BCUT2D eigenvalue weighted by Crippen LogP contribution is 2.27. The number of nitrogens with two attached hydrogens (primary N) is 1. The third-order valence-electron chi connectivity index (χ3n) is 4.02. The molecule has 1 aliphatic rings. The lowest BCUT2D eigenvalue weighted by molar-refractivity contribution is 0.0970. The molecule has 0 atom stereocenters. The van der Waals surface area contributed by atoms with Crippen molar-refractivity contribution in [2.24, 2.45) is 11.7 Å². The van der Waals surface area contributed by atoms with Gasteiger partial charge in [0.05, 0.1) is 0 Å². The van der Waals surface area contributed by atoms with E-state index in [2.05, 4.69) is 0 Å². The molecule has 2 nitrogen and oxygen atoms in total. The number of carbonyl (C=O) groups excluding carboxylic acids is 1. The van der Waals surface area contributed by atoms with Gasteiger partial charge in [-0.1, -0.05) is 56.4 Å². The van der Waals surface area contributed by atoms with Crippen molar-refractivity contribution in [3.8, 4) is 0 Å². The van der Waals surface area contributed by atoms with Crippen molar-refractivity contribution in [1.29, 1.82) is 0 Å². The number of hydrogen-bond acceptors (Lipinski definition) is 2. The van der Waals surface area contributed by atoms with Crippen LogP contribution in [0.1, 0.15) is 60.9 Å². The average molecular weight is 245 g/mol. The van der Waals surface area contributed by atoms with Gasteiger partial charge in [0, 0.05) is 18.5 Å². The summed E-state index contributed by atoms with van der Waals surface area (Å²) in [5.41, 5.74) is 7.47. The van der Waals surface area contributed by atoms with Crippen LogP contribution in [0.5, 0.6) is 0 Å². The third kappa shape index (κ3) is 3.67. The van der Waals surface area contributed by atoms with Crippen LogP contribution in [0.3, 0.4) is 0 Å². The Hall–Kier alpha value is -1.15. The Morgan fingerprint density at radius 2 is 1.78 bits per heavy atom. The molecule has 1 aromatic rings.